The van der Waals surface area contributed by atoms with E-state index in [4.69, 9.17) is 10.0 Å². The van der Waals surface area contributed by atoms with Gasteiger partial charge in [-0.3, -0.25) is 0 Å². The minimum absolute atomic E-state index is 0. The molecule has 2 aromatic rings. The molecule has 2 nitrogen and oxygen atoms in total. The van der Waals surface area contributed by atoms with E-state index in [-0.39, 0.29) is 13.2 Å². The fraction of sp³-hybridized carbons (Fsp3) is 0.250. The maximum Gasteiger partial charge on any atom is 0.482 e. The van der Waals surface area contributed by atoms with Crippen molar-refractivity contribution in [1.82, 2.24) is 0 Å². The summed E-state index contributed by atoms with van der Waals surface area (Å²) in [6, 6.07) is 11.7. The van der Waals surface area contributed by atoms with Crippen molar-refractivity contribution in [3.05, 3.63) is 59.7 Å². The summed E-state index contributed by atoms with van der Waals surface area (Å²) in [5.74, 6) is -0.959. The van der Waals surface area contributed by atoms with Crippen LogP contribution < -0.4 is 0 Å². The third-order valence-corrected chi connectivity index (χ3v) is 2.98. The van der Waals surface area contributed by atoms with Gasteiger partial charge in [0.25, 0.3) is 0 Å². The van der Waals surface area contributed by atoms with Crippen molar-refractivity contribution < 1.29 is 18.8 Å². The number of hydrogen-bond donors (Lipinski definition) is 2. The normalized spacial score (nSPS) is 9.76. The average molecular weight is 291 g/mol. The first-order chi connectivity index (χ1) is 10.1. The quantitative estimate of drug-likeness (QED) is 0.847. The SMILES string of the molecule is CCCCc1cc(F)c(-c2ccccc2)c(F)c1.O[B]O. The standard InChI is InChI=1S/C16H16F2.BH2O2/c1-2-3-7-12-10-14(17)16(15(18)11-12)13-8-5-4-6-9-13;2-1-3/h4-6,8-11H,2-3,7H2,1H3;2-3H. The average Bonchev–Trinajstić information content (AvgIpc) is 2.46. The molecule has 5 heteroatoms. The summed E-state index contributed by atoms with van der Waals surface area (Å²) in [6.07, 6.45) is 2.69. The van der Waals surface area contributed by atoms with E-state index in [9.17, 15) is 8.78 Å². The molecule has 0 saturated carbocycles. The lowest BCUT2D eigenvalue weighted by atomic mass is 10.0. The molecule has 0 aliphatic rings. The molecular formula is C16H18BF2O2. The van der Waals surface area contributed by atoms with Gasteiger partial charge in [-0.05, 0) is 36.1 Å². The van der Waals surface area contributed by atoms with E-state index in [1.807, 2.05) is 6.07 Å². The van der Waals surface area contributed by atoms with Gasteiger partial charge in [0.15, 0.2) is 0 Å². The van der Waals surface area contributed by atoms with Gasteiger partial charge in [0.2, 0.25) is 0 Å². The molecular weight excluding hydrogens is 273 g/mol. The zero-order valence-corrected chi connectivity index (χ0v) is 11.9. The van der Waals surface area contributed by atoms with Crippen LogP contribution in [-0.4, -0.2) is 17.7 Å². The lowest BCUT2D eigenvalue weighted by molar-refractivity contribution is 0.448. The van der Waals surface area contributed by atoms with Gasteiger partial charge in [0.05, 0.1) is 5.56 Å². The summed E-state index contributed by atoms with van der Waals surface area (Å²) < 4.78 is 28.0. The first-order valence-electron chi connectivity index (χ1n) is 6.77. The Kier molecular flexibility index (Phi) is 7.65. The molecule has 0 aliphatic carbocycles. The fourth-order valence-corrected chi connectivity index (χ4v) is 2.03. The summed E-state index contributed by atoms with van der Waals surface area (Å²) in [5.41, 5.74) is 1.37. The van der Waals surface area contributed by atoms with Crippen LogP contribution in [0.15, 0.2) is 42.5 Å². The molecule has 0 saturated heterocycles. The minimum atomic E-state index is -0.479. The lowest BCUT2D eigenvalue weighted by Gasteiger charge is -2.08. The number of rotatable bonds is 4. The molecule has 1 radical (unpaired) electrons. The smallest absolute Gasteiger partial charge is 0.429 e. The molecule has 0 amide bonds. The number of unbranched alkanes of at least 4 members (excludes halogenated alkanes) is 1. The maximum atomic E-state index is 14.0. The van der Waals surface area contributed by atoms with E-state index in [0.717, 1.165) is 24.8 Å². The highest BCUT2D eigenvalue weighted by atomic mass is 19.1. The third kappa shape index (κ3) is 5.29. The second-order valence-corrected chi connectivity index (χ2v) is 4.52. The second kappa shape index (κ2) is 9.26. The number of hydrogen-bond acceptors (Lipinski definition) is 2. The lowest BCUT2D eigenvalue weighted by Crippen LogP contribution is -1.94. The zero-order valence-electron chi connectivity index (χ0n) is 11.9. The molecule has 0 unspecified atom stereocenters. The van der Waals surface area contributed by atoms with E-state index in [1.165, 1.54) is 12.1 Å². The summed E-state index contributed by atoms with van der Waals surface area (Å²) in [5, 5.41) is 14.0. The van der Waals surface area contributed by atoms with Crippen molar-refractivity contribution in [2.24, 2.45) is 0 Å². The molecule has 0 bridgehead atoms. The summed E-state index contributed by atoms with van der Waals surface area (Å²) >= 11 is 0. The van der Waals surface area contributed by atoms with Gasteiger partial charge < -0.3 is 10.0 Å². The molecule has 0 aliphatic heterocycles. The van der Waals surface area contributed by atoms with Crippen molar-refractivity contribution in [1.29, 1.82) is 0 Å². The van der Waals surface area contributed by atoms with Crippen LogP contribution in [0, 0.1) is 11.6 Å². The van der Waals surface area contributed by atoms with Crippen LogP contribution in [0.5, 0.6) is 0 Å². The van der Waals surface area contributed by atoms with Crippen molar-refractivity contribution >= 4 is 7.69 Å². The van der Waals surface area contributed by atoms with Crippen LogP contribution >= 0.6 is 0 Å². The van der Waals surface area contributed by atoms with Crippen LogP contribution in [0.1, 0.15) is 25.3 Å². The Morgan fingerprint density at radius 3 is 2.00 bits per heavy atom. The molecule has 0 fully saturated rings. The van der Waals surface area contributed by atoms with Gasteiger partial charge in [0, 0.05) is 0 Å². The first kappa shape index (κ1) is 17.3. The Balaban J connectivity index is 0.000000677. The van der Waals surface area contributed by atoms with Crippen LogP contribution in [-0.2, 0) is 6.42 Å². The number of halogens is 2. The third-order valence-electron chi connectivity index (χ3n) is 2.98. The van der Waals surface area contributed by atoms with Gasteiger partial charge in [0.1, 0.15) is 11.6 Å². The number of benzene rings is 2. The van der Waals surface area contributed by atoms with Crippen molar-refractivity contribution in [2.75, 3.05) is 0 Å². The molecule has 2 N–H and O–H groups in total. The Labute approximate surface area is 124 Å². The van der Waals surface area contributed by atoms with Crippen molar-refractivity contribution in [2.45, 2.75) is 26.2 Å². The van der Waals surface area contributed by atoms with E-state index < -0.39 is 11.6 Å². The minimum Gasteiger partial charge on any atom is -0.429 e. The fourth-order valence-electron chi connectivity index (χ4n) is 2.03. The molecule has 21 heavy (non-hydrogen) atoms. The highest BCUT2D eigenvalue weighted by molar-refractivity contribution is 6.13. The Hall–Kier alpha value is -1.72. The molecule has 2 rings (SSSR count). The van der Waals surface area contributed by atoms with Gasteiger partial charge in [-0.2, -0.15) is 0 Å². The van der Waals surface area contributed by atoms with Crippen LogP contribution in [0.3, 0.4) is 0 Å². The highest BCUT2D eigenvalue weighted by Gasteiger charge is 2.12. The van der Waals surface area contributed by atoms with Crippen LogP contribution in [0.25, 0.3) is 11.1 Å². The highest BCUT2D eigenvalue weighted by Crippen LogP contribution is 2.27. The van der Waals surface area contributed by atoms with E-state index in [1.54, 1.807) is 24.3 Å². The van der Waals surface area contributed by atoms with E-state index in [2.05, 4.69) is 6.92 Å². The largest absolute Gasteiger partial charge is 0.482 e. The molecule has 2 aromatic carbocycles. The van der Waals surface area contributed by atoms with Gasteiger partial charge in [-0.25, -0.2) is 8.78 Å². The summed E-state index contributed by atoms with van der Waals surface area (Å²) in [7, 11) is 0. The Morgan fingerprint density at radius 2 is 1.52 bits per heavy atom. The second-order valence-electron chi connectivity index (χ2n) is 4.52. The van der Waals surface area contributed by atoms with Gasteiger partial charge in [-0.15, -0.1) is 0 Å². The Morgan fingerprint density at radius 1 is 1.00 bits per heavy atom. The van der Waals surface area contributed by atoms with E-state index in [0.29, 0.717) is 5.56 Å². The topological polar surface area (TPSA) is 40.5 Å². The predicted octanol–water partition coefficient (Wildman–Crippen LogP) is 3.48. The van der Waals surface area contributed by atoms with Gasteiger partial charge in [-0.1, -0.05) is 43.7 Å². The molecule has 0 heterocycles. The molecule has 0 atom stereocenters. The summed E-state index contributed by atoms with van der Waals surface area (Å²) in [4.78, 5) is 0. The first-order valence-corrected chi connectivity index (χ1v) is 6.77. The molecule has 0 spiro atoms. The van der Waals surface area contributed by atoms with Crippen LogP contribution in [0.2, 0.25) is 0 Å². The molecule has 111 valence electrons. The monoisotopic (exact) mass is 291 g/mol. The van der Waals surface area contributed by atoms with Crippen molar-refractivity contribution in [3.63, 3.8) is 0 Å². The maximum absolute atomic E-state index is 14.0. The predicted molar refractivity (Wildman–Crippen MR) is 80.6 cm³/mol. The number of aryl methyl sites for hydroxylation is 1. The Bertz CT molecular complexity index is 524. The van der Waals surface area contributed by atoms with Crippen LogP contribution in [0.4, 0.5) is 8.78 Å². The van der Waals surface area contributed by atoms with Gasteiger partial charge >= 0.3 is 7.69 Å². The van der Waals surface area contributed by atoms with E-state index >= 15 is 0 Å². The van der Waals surface area contributed by atoms with Crippen molar-refractivity contribution in [3.8, 4) is 11.1 Å². The molecule has 0 aromatic heterocycles. The summed E-state index contributed by atoms with van der Waals surface area (Å²) in [6.45, 7) is 2.06. The zero-order chi connectivity index (χ0) is 15.7.